The van der Waals surface area contributed by atoms with Gasteiger partial charge in [-0.15, -0.1) is 0 Å². The van der Waals surface area contributed by atoms with Gasteiger partial charge in [0.05, 0.1) is 31.1 Å². The molecule has 0 bridgehead atoms. The average molecular weight is 443 g/mol. The van der Waals surface area contributed by atoms with Crippen LogP contribution in [0.25, 0.3) is 0 Å². The van der Waals surface area contributed by atoms with Gasteiger partial charge in [-0.1, -0.05) is 0 Å². The van der Waals surface area contributed by atoms with E-state index in [1.165, 1.54) is 0 Å². The molecule has 2 aliphatic rings. The normalized spacial score (nSPS) is 22.4. The van der Waals surface area contributed by atoms with Gasteiger partial charge in [0, 0.05) is 43.6 Å². The van der Waals surface area contributed by atoms with Crippen LogP contribution in [0.2, 0.25) is 0 Å². The summed E-state index contributed by atoms with van der Waals surface area (Å²) in [7, 11) is 0. The number of piperidine rings is 2. The highest BCUT2D eigenvalue weighted by Gasteiger charge is 2.38. The zero-order valence-corrected chi connectivity index (χ0v) is 19.2. The summed E-state index contributed by atoms with van der Waals surface area (Å²) in [5.41, 5.74) is 2.21. The highest BCUT2D eigenvalue weighted by Crippen LogP contribution is 2.34. The van der Waals surface area contributed by atoms with Crippen LogP contribution in [0.4, 0.5) is 10.7 Å². The molecule has 0 spiro atoms. The van der Waals surface area contributed by atoms with Crippen molar-refractivity contribution in [2.75, 3.05) is 31.1 Å². The van der Waals surface area contributed by atoms with Crippen molar-refractivity contribution in [3.63, 3.8) is 0 Å². The molecule has 2 aliphatic heterocycles. The summed E-state index contributed by atoms with van der Waals surface area (Å²) in [6, 6.07) is 1.75. The van der Waals surface area contributed by atoms with Crippen LogP contribution in [-0.4, -0.2) is 75.6 Å². The van der Waals surface area contributed by atoms with E-state index in [4.69, 9.17) is 9.47 Å². The monoisotopic (exact) mass is 442 g/mol. The number of aromatic nitrogens is 4. The van der Waals surface area contributed by atoms with Crippen LogP contribution >= 0.6 is 0 Å². The Kier molecular flexibility index (Phi) is 7.24. The van der Waals surface area contributed by atoms with Gasteiger partial charge < -0.3 is 19.3 Å². The molecule has 9 nitrogen and oxygen atoms in total. The molecule has 2 aromatic rings. The number of rotatable bonds is 6. The van der Waals surface area contributed by atoms with E-state index in [1.807, 2.05) is 31.0 Å². The Bertz CT molecular complexity index is 866. The summed E-state index contributed by atoms with van der Waals surface area (Å²) in [6.45, 7) is 8.73. The number of aromatic amines is 1. The van der Waals surface area contributed by atoms with Crippen molar-refractivity contribution in [3.05, 3.63) is 35.9 Å². The number of aryl methyl sites for hydroxylation is 1. The van der Waals surface area contributed by atoms with Crippen LogP contribution in [0, 0.1) is 6.92 Å². The van der Waals surface area contributed by atoms with E-state index in [0.29, 0.717) is 13.2 Å². The minimum absolute atomic E-state index is 0.0790. The van der Waals surface area contributed by atoms with Crippen LogP contribution in [-0.2, 0) is 9.47 Å². The second kappa shape index (κ2) is 10.3. The lowest BCUT2D eigenvalue weighted by atomic mass is 9.85. The lowest BCUT2D eigenvalue weighted by Gasteiger charge is -2.41. The van der Waals surface area contributed by atoms with Crippen molar-refractivity contribution in [1.82, 2.24) is 25.1 Å². The van der Waals surface area contributed by atoms with E-state index in [0.717, 1.165) is 56.0 Å². The van der Waals surface area contributed by atoms with E-state index >= 15 is 0 Å². The summed E-state index contributed by atoms with van der Waals surface area (Å²) < 4.78 is 12.0. The summed E-state index contributed by atoms with van der Waals surface area (Å²) in [6.07, 6.45) is 8.89. The van der Waals surface area contributed by atoms with Crippen molar-refractivity contribution >= 4 is 12.0 Å². The third kappa shape index (κ3) is 5.20. The van der Waals surface area contributed by atoms with Gasteiger partial charge in [-0.05, 0) is 58.1 Å². The maximum atomic E-state index is 12.9. The molecule has 2 aromatic heterocycles. The highest BCUT2D eigenvalue weighted by atomic mass is 16.6. The molecule has 0 aliphatic carbocycles. The van der Waals surface area contributed by atoms with Crippen LogP contribution in [0.15, 0.2) is 24.7 Å². The Morgan fingerprint density at radius 3 is 2.59 bits per heavy atom. The number of amides is 1. The van der Waals surface area contributed by atoms with Crippen LogP contribution in [0.3, 0.4) is 0 Å². The third-order valence-corrected chi connectivity index (χ3v) is 6.37. The van der Waals surface area contributed by atoms with Gasteiger partial charge in [0.1, 0.15) is 0 Å². The molecule has 174 valence electrons. The van der Waals surface area contributed by atoms with Crippen LogP contribution < -0.4 is 4.90 Å². The molecule has 2 unspecified atom stereocenters. The molecule has 2 atom stereocenters. The number of H-pyrrole nitrogens is 1. The first-order valence-corrected chi connectivity index (χ1v) is 11.6. The fourth-order valence-corrected chi connectivity index (χ4v) is 4.74. The van der Waals surface area contributed by atoms with Gasteiger partial charge in [0.25, 0.3) is 0 Å². The van der Waals surface area contributed by atoms with Gasteiger partial charge in [0.15, 0.2) is 0 Å². The molecule has 1 amide bonds. The number of ether oxygens (including phenoxy) is 2. The second-order valence-corrected chi connectivity index (χ2v) is 8.98. The first-order chi connectivity index (χ1) is 15.5. The largest absolute Gasteiger partial charge is 0.447 e. The maximum absolute atomic E-state index is 12.9. The number of likely N-dealkylation sites (tertiary alicyclic amines) is 1. The predicted molar refractivity (Wildman–Crippen MR) is 121 cm³/mol. The number of carbonyl (C=O) groups excluding carboxylic acids is 1. The molecule has 0 aromatic carbocycles. The van der Waals surface area contributed by atoms with Crippen LogP contribution in [0.5, 0.6) is 0 Å². The molecule has 1 N–H and O–H groups in total. The summed E-state index contributed by atoms with van der Waals surface area (Å²) >= 11 is 0. The quantitative estimate of drug-likeness (QED) is 0.733. The zero-order valence-electron chi connectivity index (χ0n) is 19.2. The first kappa shape index (κ1) is 22.5. The Morgan fingerprint density at radius 2 is 1.94 bits per heavy atom. The fraction of sp³-hybridized carbons (Fsp3) is 0.652. The fourth-order valence-electron chi connectivity index (χ4n) is 4.74. The van der Waals surface area contributed by atoms with Gasteiger partial charge in [-0.25, -0.2) is 14.8 Å². The van der Waals surface area contributed by atoms with Gasteiger partial charge in [0.2, 0.25) is 5.95 Å². The molecule has 9 heteroatoms. The molecule has 2 fully saturated rings. The topological polar surface area (TPSA) is 96.5 Å². The number of carbonyl (C=O) groups is 1. The second-order valence-electron chi connectivity index (χ2n) is 8.98. The number of nitrogens with zero attached hydrogens (tertiary/aromatic N) is 5. The Morgan fingerprint density at radius 1 is 1.19 bits per heavy atom. The van der Waals surface area contributed by atoms with Crippen molar-refractivity contribution < 1.29 is 14.3 Å². The molecule has 0 radical (unpaired) electrons. The first-order valence-electron chi connectivity index (χ1n) is 11.6. The predicted octanol–water partition coefficient (Wildman–Crippen LogP) is 3.29. The Balaban J connectivity index is 1.41. The van der Waals surface area contributed by atoms with E-state index in [1.54, 1.807) is 12.4 Å². The summed E-state index contributed by atoms with van der Waals surface area (Å²) in [5, 5.41) is 7.38. The van der Waals surface area contributed by atoms with E-state index in [2.05, 4.69) is 32.0 Å². The molecule has 0 saturated carbocycles. The molecule has 32 heavy (non-hydrogen) atoms. The highest BCUT2D eigenvalue weighted by molar-refractivity contribution is 5.68. The molecule has 4 heterocycles. The minimum atomic E-state index is -0.258. The zero-order chi connectivity index (χ0) is 22.5. The lowest BCUT2D eigenvalue weighted by molar-refractivity contribution is -0.0238. The number of hydrogen-bond donors (Lipinski definition) is 1. The molecule has 2 saturated heterocycles. The minimum Gasteiger partial charge on any atom is -0.447 e. The third-order valence-electron chi connectivity index (χ3n) is 6.37. The molecular formula is C23H34N6O3. The van der Waals surface area contributed by atoms with Crippen molar-refractivity contribution in [3.8, 4) is 0 Å². The SMILES string of the molecule is Cc1cn[nH]c1C1CCCN(C(=O)OC(C)C)C1COC1CCN(c2ncccn2)CC1. The average Bonchev–Trinajstić information content (AvgIpc) is 3.23. The van der Waals surface area contributed by atoms with E-state index in [9.17, 15) is 4.79 Å². The van der Waals surface area contributed by atoms with Crippen LogP contribution in [0.1, 0.15) is 56.7 Å². The van der Waals surface area contributed by atoms with Gasteiger partial charge in [-0.3, -0.25) is 5.10 Å². The summed E-state index contributed by atoms with van der Waals surface area (Å²) in [4.78, 5) is 25.6. The van der Waals surface area contributed by atoms with Crippen molar-refractivity contribution in [1.29, 1.82) is 0 Å². The molecule has 4 rings (SSSR count). The Labute approximate surface area is 189 Å². The number of hydrogen-bond acceptors (Lipinski definition) is 7. The maximum Gasteiger partial charge on any atom is 0.410 e. The van der Waals surface area contributed by atoms with Crippen molar-refractivity contribution in [2.45, 2.75) is 70.6 Å². The number of anilines is 1. The smallest absolute Gasteiger partial charge is 0.410 e. The standard InChI is InChI=1S/C23H34N6O3/c1-16(2)32-23(30)29-11-4-6-19(21-17(3)14-26-27-21)20(29)15-31-18-7-12-28(13-8-18)22-24-9-5-10-25-22/h5,9-10,14,16,18-20H,4,6-8,11-13,15H2,1-3H3,(H,26,27). The van der Waals surface area contributed by atoms with Crippen molar-refractivity contribution in [2.24, 2.45) is 0 Å². The number of nitrogens with one attached hydrogen (secondary N) is 1. The lowest BCUT2D eigenvalue weighted by Crippen LogP contribution is -2.51. The summed E-state index contributed by atoms with van der Waals surface area (Å²) in [5.74, 6) is 0.930. The molecular weight excluding hydrogens is 408 g/mol. The van der Waals surface area contributed by atoms with E-state index < -0.39 is 0 Å². The van der Waals surface area contributed by atoms with Gasteiger partial charge in [-0.2, -0.15) is 5.10 Å². The van der Waals surface area contributed by atoms with E-state index in [-0.39, 0.29) is 30.3 Å². The van der Waals surface area contributed by atoms with Gasteiger partial charge >= 0.3 is 6.09 Å². The Hall–Kier alpha value is -2.68.